The minimum absolute atomic E-state index is 0.0203. The quantitative estimate of drug-likeness (QED) is 0.617. The molecule has 0 aliphatic carbocycles. The third-order valence-corrected chi connectivity index (χ3v) is 4.02. The van der Waals surface area contributed by atoms with E-state index in [1.54, 1.807) is 18.2 Å². The number of fused-ring (bicyclic) bond motifs is 1. The fraction of sp³-hybridized carbons (Fsp3) is 0.200. The number of nitrogens with one attached hydrogen (secondary N) is 1. The molecule has 1 atom stereocenters. The summed E-state index contributed by atoms with van der Waals surface area (Å²) in [4.78, 5) is 23.8. The van der Waals surface area contributed by atoms with E-state index in [0.717, 1.165) is 0 Å². The first-order valence-corrected chi connectivity index (χ1v) is 8.39. The zero-order chi connectivity index (χ0) is 20.1. The number of ether oxygens (including phenoxy) is 2. The Labute approximate surface area is 159 Å². The minimum atomic E-state index is -1.27. The van der Waals surface area contributed by atoms with Crippen LogP contribution in [0.15, 0.2) is 52.9 Å². The number of methoxy groups -OCH3 is 1. The highest BCUT2D eigenvalue weighted by Crippen LogP contribution is 2.24. The highest BCUT2D eigenvalue weighted by Gasteiger charge is 2.23. The molecule has 0 saturated heterocycles. The number of carbonyl (C=O) groups is 2. The lowest BCUT2D eigenvalue weighted by Gasteiger charge is -2.14. The molecule has 8 heteroatoms. The molecule has 7 nitrogen and oxygen atoms in total. The maximum atomic E-state index is 12.9. The van der Waals surface area contributed by atoms with Gasteiger partial charge in [0.1, 0.15) is 17.1 Å². The van der Waals surface area contributed by atoms with Crippen LogP contribution in [0, 0.1) is 5.82 Å². The number of carboxylic acids is 1. The lowest BCUT2D eigenvalue weighted by Crippen LogP contribution is -2.43. The summed E-state index contributed by atoms with van der Waals surface area (Å²) in [6, 6.07) is 10.9. The van der Waals surface area contributed by atoms with Crippen LogP contribution in [0.5, 0.6) is 5.75 Å². The summed E-state index contributed by atoms with van der Waals surface area (Å²) in [6.07, 6.45) is 0. The summed E-state index contributed by atoms with van der Waals surface area (Å²) in [7, 11) is 1.53. The predicted molar refractivity (Wildman–Crippen MR) is 97.7 cm³/mol. The maximum absolute atomic E-state index is 12.9. The van der Waals surface area contributed by atoms with E-state index in [1.807, 2.05) is 0 Å². The fourth-order valence-electron chi connectivity index (χ4n) is 2.54. The topological polar surface area (TPSA) is 98.0 Å². The highest BCUT2D eigenvalue weighted by atomic mass is 19.1. The Morgan fingerprint density at radius 2 is 1.93 bits per heavy atom. The Morgan fingerprint density at radius 1 is 1.18 bits per heavy atom. The second-order valence-corrected chi connectivity index (χ2v) is 6.02. The maximum Gasteiger partial charge on any atom is 0.328 e. The van der Waals surface area contributed by atoms with Crippen molar-refractivity contribution in [1.82, 2.24) is 5.32 Å². The van der Waals surface area contributed by atoms with E-state index in [4.69, 9.17) is 13.9 Å². The lowest BCUT2D eigenvalue weighted by molar-refractivity contribution is -0.141. The standard InChI is InChI=1S/C20H18FNO6/c1-26-15-6-7-17-13(8-15)9-18(28-17)19(23)22-16(20(24)25)11-27-10-12-2-4-14(21)5-3-12/h2-9,16H,10-11H2,1H3,(H,22,23)(H,24,25)/t16-/m0/s1. The molecule has 28 heavy (non-hydrogen) atoms. The van der Waals surface area contributed by atoms with Crippen LogP contribution < -0.4 is 10.1 Å². The van der Waals surface area contributed by atoms with Crippen molar-refractivity contribution in [2.24, 2.45) is 0 Å². The van der Waals surface area contributed by atoms with E-state index in [9.17, 15) is 19.1 Å². The van der Waals surface area contributed by atoms with Crippen molar-refractivity contribution >= 4 is 22.8 Å². The van der Waals surface area contributed by atoms with Gasteiger partial charge in [0.05, 0.1) is 20.3 Å². The normalized spacial score (nSPS) is 11.9. The van der Waals surface area contributed by atoms with Gasteiger partial charge in [0.2, 0.25) is 0 Å². The number of amides is 1. The fourth-order valence-corrected chi connectivity index (χ4v) is 2.54. The van der Waals surface area contributed by atoms with Crippen LogP contribution in [0.3, 0.4) is 0 Å². The summed E-state index contributed by atoms with van der Waals surface area (Å²) in [6.45, 7) is -0.170. The molecule has 0 unspecified atom stereocenters. The zero-order valence-electron chi connectivity index (χ0n) is 15.0. The molecule has 0 saturated carbocycles. The van der Waals surface area contributed by atoms with Crippen molar-refractivity contribution in [2.75, 3.05) is 13.7 Å². The van der Waals surface area contributed by atoms with E-state index in [0.29, 0.717) is 22.3 Å². The molecule has 146 valence electrons. The largest absolute Gasteiger partial charge is 0.497 e. The monoisotopic (exact) mass is 387 g/mol. The third-order valence-electron chi connectivity index (χ3n) is 4.02. The summed E-state index contributed by atoms with van der Waals surface area (Å²) in [5, 5.41) is 12.3. The van der Waals surface area contributed by atoms with E-state index in [-0.39, 0.29) is 24.8 Å². The van der Waals surface area contributed by atoms with Gasteiger partial charge in [0.15, 0.2) is 11.8 Å². The van der Waals surface area contributed by atoms with Gasteiger partial charge in [-0.15, -0.1) is 0 Å². The molecule has 3 aromatic rings. The van der Waals surface area contributed by atoms with Crippen molar-refractivity contribution in [3.63, 3.8) is 0 Å². The van der Waals surface area contributed by atoms with Crippen molar-refractivity contribution < 1.29 is 33.0 Å². The van der Waals surface area contributed by atoms with E-state index in [1.165, 1.54) is 37.4 Å². The number of rotatable bonds is 8. The average Bonchev–Trinajstić information content (AvgIpc) is 3.11. The molecule has 1 heterocycles. The smallest absolute Gasteiger partial charge is 0.328 e. The molecule has 0 aliphatic heterocycles. The summed E-state index contributed by atoms with van der Waals surface area (Å²) in [5.74, 6) is -1.70. The number of carbonyl (C=O) groups excluding carboxylic acids is 1. The van der Waals surface area contributed by atoms with Gasteiger partial charge in [0, 0.05) is 5.39 Å². The molecular weight excluding hydrogens is 369 g/mol. The number of hydrogen-bond donors (Lipinski definition) is 2. The molecule has 0 aliphatic rings. The Kier molecular flexibility index (Phi) is 5.90. The second kappa shape index (κ2) is 8.53. The van der Waals surface area contributed by atoms with Crippen molar-refractivity contribution in [3.8, 4) is 5.75 Å². The Morgan fingerprint density at radius 3 is 2.61 bits per heavy atom. The van der Waals surface area contributed by atoms with Gasteiger partial charge in [-0.05, 0) is 42.0 Å². The van der Waals surface area contributed by atoms with Crippen molar-refractivity contribution in [2.45, 2.75) is 12.6 Å². The van der Waals surface area contributed by atoms with Gasteiger partial charge in [0.25, 0.3) is 5.91 Å². The predicted octanol–water partition coefficient (Wildman–Crippen LogP) is 2.98. The Balaban J connectivity index is 1.62. The first-order valence-electron chi connectivity index (χ1n) is 8.39. The van der Waals surface area contributed by atoms with Gasteiger partial charge in [-0.2, -0.15) is 0 Å². The van der Waals surface area contributed by atoms with Crippen molar-refractivity contribution in [3.05, 3.63) is 65.7 Å². The number of benzene rings is 2. The number of furan rings is 1. The number of carboxylic acid groups (broad SMARTS) is 1. The first kappa shape index (κ1) is 19.4. The first-order chi connectivity index (χ1) is 13.5. The van der Waals surface area contributed by atoms with Gasteiger partial charge in [-0.3, -0.25) is 4.79 Å². The van der Waals surface area contributed by atoms with Gasteiger partial charge in [-0.25, -0.2) is 9.18 Å². The van der Waals surface area contributed by atoms with Crippen LogP contribution in [0.4, 0.5) is 4.39 Å². The van der Waals surface area contributed by atoms with Gasteiger partial charge < -0.3 is 24.3 Å². The summed E-state index contributed by atoms with van der Waals surface area (Å²) >= 11 is 0. The average molecular weight is 387 g/mol. The molecule has 2 N–H and O–H groups in total. The van der Waals surface area contributed by atoms with Crippen molar-refractivity contribution in [1.29, 1.82) is 0 Å². The zero-order valence-corrected chi connectivity index (χ0v) is 15.0. The van der Waals surface area contributed by atoms with E-state index < -0.39 is 17.9 Å². The molecule has 0 radical (unpaired) electrons. The molecule has 3 rings (SSSR count). The van der Waals surface area contributed by atoms with Crippen LogP contribution >= 0.6 is 0 Å². The van der Waals surface area contributed by atoms with Crippen LogP contribution in [-0.4, -0.2) is 36.7 Å². The molecule has 0 bridgehead atoms. The van der Waals surface area contributed by atoms with E-state index >= 15 is 0 Å². The molecular formula is C20H18FNO6. The Bertz CT molecular complexity index is 982. The molecule has 0 fully saturated rings. The number of halogens is 1. The molecule has 1 amide bonds. The second-order valence-electron chi connectivity index (χ2n) is 6.02. The third kappa shape index (κ3) is 4.66. The van der Waals surface area contributed by atoms with E-state index in [2.05, 4.69) is 5.32 Å². The molecule has 2 aromatic carbocycles. The number of aliphatic carboxylic acids is 1. The summed E-state index contributed by atoms with van der Waals surface area (Å²) in [5.41, 5.74) is 1.16. The van der Waals surface area contributed by atoms with Crippen LogP contribution in [0.25, 0.3) is 11.0 Å². The van der Waals surface area contributed by atoms with Crippen LogP contribution in [-0.2, 0) is 16.1 Å². The molecule has 1 aromatic heterocycles. The Hall–Kier alpha value is -3.39. The summed E-state index contributed by atoms with van der Waals surface area (Å²) < 4.78 is 28.8. The van der Waals surface area contributed by atoms with Crippen LogP contribution in [0.2, 0.25) is 0 Å². The van der Waals surface area contributed by atoms with Gasteiger partial charge >= 0.3 is 5.97 Å². The number of hydrogen-bond acceptors (Lipinski definition) is 5. The lowest BCUT2D eigenvalue weighted by atomic mass is 10.2. The minimum Gasteiger partial charge on any atom is -0.497 e. The van der Waals surface area contributed by atoms with Gasteiger partial charge in [-0.1, -0.05) is 12.1 Å². The highest BCUT2D eigenvalue weighted by molar-refractivity contribution is 5.98. The van der Waals surface area contributed by atoms with Crippen LogP contribution in [0.1, 0.15) is 16.1 Å². The SMILES string of the molecule is COc1ccc2oc(C(=O)N[C@@H](COCc3ccc(F)cc3)C(=O)O)cc2c1. The molecule has 0 spiro atoms.